The van der Waals surface area contributed by atoms with Gasteiger partial charge in [0.05, 0.1) is 14.2 Å². The predicted molar refractivity (Wildman–Crippen MR) is 73.1 cm³/mol. The van der Waals surface area contributed by atoms with Crippen molar-refractivity contribution >= 4 is 28.3 Å². The van der Waals surface area contributed by atoms with E-state index in [-0.39, 0.29) is 25.1 Å². The minimum Gasteiger partial charge on any atom is -0.493 e. The molecule has 0 aliphatic heterocycles. The van der Waals surface area contributed by atoms with Crippen LogP contribution in [-0.4, -0.2) is 25.9 Å². The first kappa shape index (κ1) is 16.5. The number of ether oxygens (including phenoxy) is 2. The summed E-state index contributed by atoms with van der Waals surface area (Å²) in [6, 6.07) is 3.41. The van der Waals surface area contributed by atoms with Gasteiger partial charge in [-0.2, -0.15) is 0 Å². The molecule has 0 saturated carbocycles. The monoisotopic (exact) mass is 325 g/mol. The first-order valence-electron chi connectivity index (χ1n) is 4.91. The van der Waals surface area contributed by atoms with Gasteiger partial charge >= 0.3 is 0 Å². The molecule has 0 aliphatic carbocycles. The first-order valence-corrected chi connectivity index (χ1v) is 5.71. The van der Waals surface area contributed by atoms with E-state index in [9.17, 15) is 0 Å². The van der Waals surface area contributed by atoms with Crippen LogP contribution in [0.5, 0.6) is 11.5 Å². The maximum absolute atomic E-state index is 8.86. The Morgan fingerprint density at radius 1 is 1.29 bits per heavy atom. The second-order valence-corrected chi connectivity index (χ2v) is 4.20. The molecule has 4 nitrogen and oxygen atoms in total. The minimum absolute atomic E-state index is 0. The van der Waals surface area contributed by atoms with Crippen molar-refractivity contribution in [3.63, 3.8) is 0 Å². The van der Waals surface area contributed by atoms with Crippen molar-refractivity contribution in [2.45, 2.75) is 12.5 Å². The van der Waals surface area contributed by atoms with Gasteiger partial charge in [0.2, 0.25) is 0 Å². The molecule has 0 fully saturated rings. The van der Waals surface area contributed by atoms with Crippen LogP contribution in [-0.2, 0) is 0 Å². The molecule has 6 heteroatoms. The van der Waals surface area contributed by atoms with Gasteiger partial charge < -0.3 is 20.3 Å². The molecule has 0 amide bonds. The largest absolute Gasteiger partial charge is 0.493 e. The number of hydrogen-bond acceptors (Lipinski definition) is 4. The summed E-state index contributed by atoms with van der Waals surface area (Å²) in [5.41, 5.74) is 6.83. The highest BCUT2D eigenvalue weighted by Gasteiger charge is 2.14. The van der Waals surface area contributed by atoms with Crippen LogP contribution < -0.4 is 15.2 Å². The van der Waals surface area contributed by atoms with Gasteiger partial charge in [-0.15, -0.1) is 12.4 Å². The van der Waals surface area contributed by atoms with E-state index < -0.39 is 0 Å². The standard InChI is InChI=1S/C11H16BrNO3.ClH/c1-15-10-5-7(9(13)3-4-14)8(12)6-11(10)16-2;/h5-6,9,14H,3-4,13H2,1-2H3;1H/t9-;/m0./s1. The Hall–Kier alpha value is -0.490. The Kier molecular flexibility index (Phi) is 7.54. The highest BCUT2D eigenvalue weighted by Crippen LogP contribution is 2.36. The number of halogens is 2. The van der Waals surface area contributed by atoms with E-state index in [0.717, 1.165) is 10.0 Å². The first-order chi connectivity index (χ1) is 7.63. The molecular formula is C11H17BrClNO3. The summed E-state index contributed by atoms with van der Waals surface area (Å²) < 4.78 is 11.2. The van der Waals surface area contributed by atoms with E-state index in [1.807, 2.05) is 12.1 Å². The van der Waals surface area contributed by atoms with Gasteiger partial charge in [0.15, 0.2) is 11.5 Å². The number of hydrogen-bond donors (Lipinski definition) is 2. The molecule has 98 valence electrons. The number of nitrogens with two attached hydrogens (primary N) is 1. The summed E-state index contributed by atoms with van der Waals surface area (Å²) in [5.74, 6) is 1.28. The maximum Gasteiger partial charge on any atom is 0.161 e. The van der Waals surface area contributed by atoms with Crippen LogP contribution in [0.2, 0.25) is 0 Å². The SMILES string of the molecule is COc1cc(Br)c([C@@H](N)CCO)cc1OC.Cl. The Morgan fingerprint density at radius 3 is 2.29 bits per heavy atom. The van der Waals surface area contributed by atoms with Crippen LogP contribution in [0.4, 0.5) is 0 Å². The number of aliphatic hydroxyl groups is 1. The van der Waals surface area contributed by atoms with Gasteiger partial charge in [-0.3, -0.25) is 0 Å². The molecule has 1 aromatic carbocycles. The molecule has 1 aromatic rings. The molecule has 0 bridgehead atoms. The molecule has 1 atom stereocenters. The molecule has 1 rings (SSSR count). The molecule has 0 radical (unpaired) electrons. The third kappa shape index (κ3) is 4.03. The van der Waals surface area contributed by atoms with Gasteiger partial charge in [-0.1, -0.05) is 15.9 Å². The molecule has 0 unspecified atom stereocenters. The highest BCUT2D eigenvalue weighted by atomic mass is 79.9. The van der Waals surface area contributed by atoms with Crippen molar-refractivity contribution in [3.05, 3.63) is 22.2 Å². The fourth-order valence-corrected chi connectivity index (χ4v) is 2.07. The van der Waals surface area contributed by atoms with Crippen molar-refractivity contribution in [2.24, 2.45) is 5.73 Å². The van der Waals surface area contributed by atoms with Crippen LogP contribution in [0.3, 0.4) is 0 Å². The second kappa shape index (κ2) is 7.76. The van der Waals surface area contributed by atoms with Crippen LogP contribution in [0.15, 0.2) is 16.6 Å². The van der Waals surface area contributed by atoms with E-state index >= 15 is 0 Å². The van der Waals surface area contributed by atoms with Gasteiger partial charge in [-0.05, 0) is 24.1 Å². The highest BCUT2D eigenvalue weighted by molar-refractivity contribution is 9.10. The Morgan fingerprint density at radius 2 is 1.82 bits per heavy atom. The van der Waals surface area contributed by atoms with Crippen molar-refractivity contribution in [1.82, 2.24) is 0 Å². The van der Waals surface area contributed by atoms with E-state index in [1.165, 1.54) is 0 Å². The lowest BCUT2D eigenvalue weighted by atomic mass is 10.0. The summed E-state index contributed by atoms with van der Waals surface area (Å²) in [7, 11) is 3.16. The molecule has 3 N–H and O–H groups in total. The molecule has 0 heterocycles. The van der Waals surface area contributed by atoms with Crippen molar-refractivity contribution < 1.29 is 14.6 Å². The lowest BCUT2D eigenvalue weighted by molar-refractivity contribution is 0.276. The molecule has 17 heavy (non-hydrogen) atoms. The predicted octanol–water partition coefficient (Wildman–Crippen LogP) is 2.27. The fraction of sp³-hybridized carbons (Fsp3) is 0.455. The lowest BCUT2D eigenvalue weighted by Gasteiger charge is -2.16. The summed E-state index contributed by atoms with van der Waals surface area (Å²) in [6.07, 6.45) is 0.508. The number of methoxy groups -OCH3 is 2. The van der Waals surface area contributed by atoms with Gasteiger partial charge in [0.1, 0.15) is 0 Å². The third-order valence-corrected chi connectivity index (χ3v) is 3.03. The Bertz CT molecular complexity index is 363. The molecule has 0 saturated heterocycles. The summed E-state index contributed by atoms with van der Waals surface area (Å²) >= 11 is 3.42. The van der Waals surface area contributed by atoms with Crippen molar-refractivity contribution in [2.75, 3.05) is 20.8 Å². The zero-order chi connectivity index (χ0) is 12.1. The Balaban J connectivity index is 0.00000256. The van der Waals surface area contributed by atoms with E-state index in [1.54, 1.807) is 14.2 Å². The quantitative estimate of drug-likeness (QED) is 0.871. The van der Waals surface area contributed by atoms with Crippen LogP contribution >= 0.6 is 28.3 Å². The number of aliphatic hydroxyl groups excluding tert-OH is 1. The van der Waals surface area contributed by atoms with Crippen molar-refractivity contribution in [3.8, 4) is 11.5 Å². The molecular weight excluding hydrogens is 309 g/mol. The van der Waals surface area contributed by atoms with E-state index in [0.29, 0.717) is 17.9 Å². The number of benzene rings is 1. The second-order valence-electron chi connectivity index (χ2n) is 3.35. The summed E-state index contributed by atoms with van der Waals surface area (Å²) in [6.45, 7) is 0.0575. The van der Waals surface area contributed by atoms with Crippen molar-refractivity contribution in [1.29, 1.82) is 0 Å². The lowest BCUT2D eigenvalue weighted by Crippen LogP contribution is -2.13. The van der Waals surface area contributed by atoms with Crippen LogP contribution in [0.25, 0.3) is 0 Å². The van der Waals surface area contributed by atoms with Crippen LogP contribution in [0.1, 0.15) is 18.0 Å². The average Bonchev–Trinajstić information content (AvgIpc) is 2.28. The third-order valence-electron chi connectivity index (χ3n) is 2.34. The van der Waals surface area contributed by atoms with E-state index in [4.69, 9.17) is 20.3 Å². The molecule has 0 spiro atoms. The Labute approximate surface area is 116 Å². The zero-order valence-electron chi connectivity index (χ0n) is 9.77. The summed E-state index contributed by atoms with van der Waals surface area (Å²) in [4.78, 5) is 0. The fourth-order valence-electron chi connectivity index (χ4n) is 1.45. The smallest absolute Gasteiger partial charge is 0.161 e. The van der Waals surface area contributed by atoms with Gasteiger partial charge in [0, 0.05) is 17.1 Å². The van der Waals surface area contributed by atoms with Gasteiger partial charge in [-0.25, -0.2) is 0 Å². The average molecular weight is 327 g/mol. The summed E-state index contributed by atoms with van der Waals surface area (Å²) in [5, 5.41) is 8.86. The zero-order valence-corrected chi connectivity index (χ0v) is 12.2. The normalized spacial score (nSPS) is 11.6. The topological polar surface area (TPSA) is 64.7 Å². The molecule has 0 aromatic heterocycles. The minimum atomic E-state index is -0.223. The van der Waals surface area contributed by atoms with Crippen LogP contribution in [0, 0.1) is 0 Å². The number of rotatable bonds is 5. The maximum atomic E-state index is 8.86. The van der Waals surface area contributed by atoms with E-state index in [2.05, 4.69) is 15.9 Å². The van der Waals surface area contributed by atoms with Gasteiger partial charge in [0.25, 0.3) is 0 Å². The molecule has 0 aliphatic rings.